The number of nitrogens with zero attached hydrogens (tertiary/aromatic N) is 6. The molecular formula is C28H27N7O4S. The number of benzene rings is 1. The number of carbonyl (C=O) groups excluding carboxylic acids is 2. The lowest BCUT2D eigenvalue weighted by Crippen LogP contribution is -2.46. The lowest BCUT2D eigenvalue weighted by molar-refractivity contribution is -0.127. The molecule has 5 heterocycles. The monoisotopic (exact) mass is 557 g/mol. The van der Waals surface area contributed by atoms with Crippen LogP contribution in [0.15, 0.2) is 70.6 Å². The molecule has 0 spiro atoms. The van der Waals surface area contributed by atoms with E-state index in [1.807, 2.05) is 54.8 Å². The number of para-hydroxylation sites is 1. The van der Waals surface area contributed by atoms with Crippen molar-refractivity contribution in [2.45, 2.75) is 38.5 Å². The molecule has 6 rings (SSSR count). The third-order valence-electron chi connectivity index (χ3n) is 6.66. The quantitative estimate of drug-likeness (QED) is 0.289. The maximum absolute atomic E-state index is 14.0. The number of carbonyl (C=O) groups is 2. The fraction of sp³-hybridized carbons (Fsp3) is 0.286. The minimum Gasteiger partial charge on any atom is -0.458 e. The van der Waals surface area contributed by atoms with Crippen LogP contribution in [0.5, 0.6) is 0 Å². The van der Waals surface area contributed by atoms with Gasteiger partial charge in [-0.05, 0) is 60.7 Å². The number of tetrazole rings is 1. The average molecular weight is 558 g/mol. The number of furan rings is 1. The maximum Gasteiger partial charge on any atom is 0.251 e. The van der Waals surface area contributed by atoms with Gasteiger partial charge < -0.3 is 14.5 Å². The van der Waals surface area contributed by atoms with E-state index in [0.717, 1.165) is 23.7 Å². The van der Waals surface area contributed by atoms with Crippen molar-refractivity contribution in [2.75, 3.05) is 18.1 Å². The number of aromatic nitrogens is 5. The van der Waals surface area contributed by atoms with Gasteiger partial charge in [-0.1, -0.05) is 24.3 Å². The Bertz CT molecular complexity index is 1620. The highest BCUT2D eigenvalue weighted by Gasteiger charge is 2.35. The molecule has 204 valence electrons. The first-order valence-corrected chi connectivity index (χ1v) is 13.9. The number of thiophene rings is 1. The Morgan fingerprint density at radius 1 is 1.20 bits per heavy atom. The summed E-state index contributed by atoms with van der Waals surface area (Å²) < 4.78 is 11.3. The Hall–Kier alpha value is -4.42. The van der Waals surface area contributed by atoms with Crippen molar-refractivity contribution < 1.29 is 18.7 Å². The molecule has 2 atom stereocenters. The van der Waals surface area contributed by atoms with Crippen LogP contribution < -0.4 is 10.2 Å². The Balaban J connectivity index is 1.35. The minimum atomic E-state index is -0.937. The van der Waals surface area contributed by atoms with Crippen LogP contribution in [-0.4, -0.2) is 56.3 Å². The van der Waals surface area contributed by atoms with Crippen LogP contribution in [0.1, 0.15) is 29.5 Å². The predicted molar refractivity (Wildman–Crippen MR) is 149 cm³/mol. The molecule has 2 amide bonds. The normalized spacial score (nSPS) is 15.8. The van der Waals surface area contributed by atoms with Crippen LogP contribution in [-0.2, 0) is 20.9 Å². The standard InChI is InChI=1S/C28H27N7O4S/c1-18-10-11-23(39-18)27-31-33-34(32-27)17-25(36)35(20-14-19-6-2-3-8-22(19)29-15-20)26(24-9-5-13-40-24)28(37)30-16-21-7-4-12-38-21/h2-3,5-6,8-11,13-15,21,26H,4,7,12,16-17H2,1H3,(H,30,37)/t21-,26-/m0/s1. The number of anilines is 1. The van der Waals surface area contributed by atoms with E-state index in [1.54, 1.807) is 18.3 Å². The van der Waals surface area contributed by atoms with Crippen LogP contribution >= 0.6 is 11.3 Å². The molecule has 1 aliphatic heterocycles. The van der Waals surface area contributed by atoms with Gasteiger partial charge in [-0.15, -0.1) is 21.5 Å². The van der Waals surface area contributed by atoms with Gasteiger partial charge in [-0.3, -0.25) is 19.5 Å². The molecular weight excluding hydrogens is 530 g/mol. The van der Waals surface area contributed by atoms with Gasteiger partial charge >= 0.3 is 0 Å². The minimum absolute atomic E-state index is 0.0394. The van der Waals surface area contributed by atoms with E-state index >= 15 is 0 Å². The summed E-state index contributed by atoms with van der Waals surface area (Å²) in [6, 6.07) is 15.8. The SMILES string of the molecule is Cc1ccc(-c2nnn(CC(=O)N(c3cnc4ccccc4c3)[C@H](C(=O)NC[C@@H]3CCCO3)c3cccs3)n2)o1. The molecule has 0 aliphatic carbocycles. The fourth-order valence-electron chi connectivity index (χ4n) is 4.73. The van der Waals surface area contributed by atoms with E-state index < -0.39 is 11.9 Å². The van der Waals surface area contributed by atoms with E-state index in [0.29, 0.717) is 35.2 Å². The largest absolute Gasteiger partial charge is 0.458 e. The van der Waals surface area contributed by atoms with E-state index in [1.165, 1.54) is 21.0 Å². The molecule has 1 aromatic carbocycles. The van der Waals surface area contributed by atoms with Crippen molar-refractivity contribution in [1.82, 2.24) is 30.5 Å². The average Bonchev–Trinajstić information content (AvgIpc) is 3.78. The molecule has 0 unspecified atom stereocenters. The summed E-state index contributed by atoms with van der Waals surface area (Å²) in [4.78, 5) is 35.8. The van der Waals surface area contributed by atoms with Gasteiger partial charge in [0.2, 0.25) is 11.7 Å². The van der Waals surface area contributed by atoms with E-state index in [2.05, 4.69) is 25.7 Å². The Morgan fingerprint density at radius 2 is 2.10 bits per heavy atom. The van der Waals surface area contributed by atoms with E-state index in [4.69, 9.17) is 9.15 Å². The van der Waals surface area contributed by atoms with Gasteiger partial charge in [-0.25, -0.2) is 0 Å². The number of fused-ring (bicyclic) bond motifs is 1. The van der Waals surface area contributed by atoms with E-state index in [-0.39, 0.29) is 24.4 Å². The van der Waals surface area contributed by atoms with Gasteiger partial charge in [0.05, 0.1) is 23.5 Å². The molecule has 4 aromatic heterocycles. The zero-order chi connectivity index (χ0) is 27.5. The van der Waals surface area contributed by atoms with Crippen LogP contribution in [0, 0.1) is 6.92 Å². The zero-order valence-electron chi connectivity index (χ0n) is 21.8. The van der Waals surface area contributed by atoms with E-state index in [9.17, 15) is 9.59 Å². The molecule has 11 nitrogen and oxygen atoms in total. The van der Waals surface area contributed by atoms with Gasteiger partial charge in [-0.2, -0.15) is 4.80 Å². The second-order valence-corrected chi connectivity index (χ2v) is 10.5. The van der Waals surface area contributed by atoms with Crippen molar-refractivity contribution >= 4 is 39.7 Å². The molecule has 0 radical (unpaired) electrons. The van der Waals surface area contributed by atoms with Crippen molar-refractivity contribution in [2.24, 2.45) is 0 Å². The van der Waals surface area contributed by atoms with Crippen LogP contribution in [0.3, 0.4) is 0 Å². The third kappa shape index (κ3) is 5.49. The van der Waals surface area contributed by atoms with Crippen molar-refractivity contribution in [3.8, 4) is 11.6 Å². The number of hydrogen-bond donors (Lipinski definition) is 1. The summed E-state index contributed by atoms with van der Waals surface area (Å²) in [5.74, 6) is 0.728. The van der Waals surface area contributed by atoms with Gasteiger partial charge in [0.1, 0.15) is 18.3 Å². The Morgan fingerprint density at radius 3 is 2.88 bits per heavy atom. The first-order valence-electron chi connectivity index (χ1n) is 13.0. The van der Waals surface area contributed by atoms with Crippen molar-refractivity contribution in [3.63, 3.8) is 0 Å². The summed E-state index contributed by atoms with van der Waals surface area (Å²) in [5.41, 5.74) is 1.27. The zero-order valence-corrected chi connectivity index (χ0v) is 22.6. The van der Waals surface area contributed by atoms with Gasteiger partial charge in [0, 0.05) is 23.4 Å². The highest BCUT2D eigenvalue weighted by atomic mass is 32.1. The number of rotatable bonds is 9. The Labute approximate surface area is 233 Å². The summed E-state index contributed by atoms with van der Waals surface area (Å²) >= 11 is 1.40. The smallest absolute Gasteiger partial charge is 0.251 e. The first-order chi connectivity index (χ1) is 19.5. The number of pyridine rings is 1. The highest BCUT2D eigenvalue weighted by Crippen LogP contribution is 2.32. The summed E-state index contributed by atoms with van der Waals surface area (Å²) in [7, 11) is 0. The highest BCUT2D eigenvalue weighted by molar-refractivity contribution is 7.10. The molecule has 5 aromatic rings. The second-order valence-electron chi connectivity index (χ2n) is 9.50. The summed E-state index contributed by atoms with van der Waals surface area (Å²) in [6.45, 7) is 2.63. The number of hydrogen-bond acceptors (Lipinski definition) is 9. The molecule has 0 saturated carbocycles. The molecule has 12 heteroatoms. The second kappa shape index (κ2) is 11.4. The molecule has 0 bridgehead atoms. The molecule has 40 heavy (non-hydrogen) atoms. The lowest BCUT2D eigenvalue weighted by Gasteiger charge is -2.30. The molecule has 1 saturated heterocycles. The number of amides is 2. The number of ether oxygens (including phenoxy) is 1. The number of nitrogens with one attached hydrogen (secondary N) is 1. The maximum atomic E-state index is 14.0. The third-order valence-corrected chi connectivity index (χ3v) is 7.59. The number of aryl methyl sites for hydroxylation is 1. The van der Waals surface area contributed by atoms with Gasteiger partial charge in [0.15, 0.2) is 5.76 Å². The predicted octanol–water partition coefficient (Wildman–Crippen LogP) is 3.92. The van der Waals surface area contributed by atoms with Crippen molar-refractivity contribution in [3.05, 3.63) is 76.8 Å². The lowest BCUT2D eigenvalue weighted by atomic mass is 10.1. The van der Waals surface area contributed by atoms with Crippen LogP contribution in [0.4, 0.5) is 5.69 Å². The molecule has 1 N–H and O–H groups in total. The van der Waals surface area contributed by atoms with Crippen molar-refractivity contribution in [1.29, 1.82) is 0 Å². The summed E-state index contributed by atoms with van der Waals surface area (Å²) in [5, 5.41) is 18.2. The summed E-state index contributed by atoms with van der Waals surface area (Å²) in [6.07, 6.45) is 3.42. The van der Waals surface area contributed by atoms with Gasteiger partial charge in [0.25, 0.3) is 5.91 Å². The fourth-order valence-corrected chi connectivity index (χ4v) is 5.54. The van der Waals surface area contributed by atoms with Crippen LogP contribution in [0.25, 0.3) is 22.5 Å². The molecule has 1 fully saturated rings. The Kier molecular flexibility index (Phi) is 7.34. The molecule has 1 aliphatic rings. The first kappa shape index (κ1) is 25.8. The topological polar surface area (TPSA) is 128 Å². The van der Waals surface area contributed by atoms with Crippen LogP contribution in [0.2, 0.25) is 0 Å².